The van der Waals surface area contributed by atoms with Crippen LogP contribution < -0.4 is 10.2 Å². The maximum Gasteiger partial charge on any atom is 0.293 e. The largest absolute Gasteiger partial charge is 0.323 e. The minimum absolute atomic E-state index is 0.0629. The van der Waals surface area contributed by atoms with Crippen LogP contribution in [0.4, 0.5) is 11.4 Å². The van der Waals surface area contributed by atoms with E-state index in [0.29, 0.717) is 5.69 Å². The van der Waals surface area contributed by atoms with Gasteiger partial charge in [-0.15, -0.1) is 0 Å². The van der Waals surface area contributed by atoms with Crippen molar-refractivity contribution in [1.82, 2.24) is 0 Å². The van der Waals surface area contributed by atoms with Crippen molar-refractivity contribution >= 4 is 17.3 Å². The van der Waals surface area contributed by atoms with Gasteiger partial charge in [-0.05, 0) is 43.4 Å². The summed E-state index contributed by atoms with van der Waals surface area (Å²) in [5, 5.41) is 14.1. The molecule has 0 heterocycles. The van der Waals surface area contributed by atoms with Crippen molar-refractivity contribution in [3.63, 3.8) is 0 Å². The summed E-state index contributed by atoms with van der Waals surface area (Å²) in [4.78, 5) is 24.6. The average molecular weight is 368 g/mol. The topological polar surface area (TPSA) is 76.7 Å². The molecule has 0 fully saturated rings. The minimum Gasteiger partial charge on any atom is -0.323 e. The molecule has 0 aliphatic heterocycles. The first-order chi connectivity index (χ1) is 12.9. The number of amides is 1. The quantitative estimate of drug-likeness (QED) is 0.629. The van der Waals surface area contributed by atoms with Crippen LogP contribution in [0.5, 0.6) is 0 Å². The molecule has 1 aliphatic rings. The van der Waals surface area contributed by atoms with Gasteiger partial charge in [0.05, 0.1) is 12.0 Å². The molecule has 1 amide bonds. The zero-order valence-corrected chi connectivity index (χ0v) is 16.0. The number of benzene rings is 2. The highest BCUT2D eigenvalue weighted by Gasteiger charge is 2.29. The van der Waals surface area contributed by atoms with Crippen molar-refractivity contribution in [3.05, 3.63) is 68.8 Å². The van der Waals surface area contributed by atoms with E-state index in [2.05, 4.69) is 23.5 Å². The zero-order valence-electron chi connectivity index (χ0n) is 16.0. The van der Waals surface area contributed by atoms with Crippen LogP contribution in [-0.4, -0.2) is 24.4 Å². The van der Waals surface area contributed by atoms with Crippen molar-refractivity contribution in [2.75, 3.05) is 18.9 Å². The lowest BCUT2D eigenvalue weighted by molar-refractivity contribution is -0.905. The van der Waals surface area contributed by atoms with Crippen LogP contribution in [0.2, 0.25) is 0 Å². The first kappa shape index (κ1) is 19.0. The van der Waals surface area contributed by atoms with Crippen molar-refractivity contribution in [3.8, 4) is 0 Å². The smallest absolute Gasteiger partial charge is 0.293 e. The molecule has 1 aliphatic carbocycles. The number of fused-ring (bicyclic) bond motifs is 1. The van der Waals surface area contributed by atoms with Gasteiger partial charge in [0.2, 0.25) is 0 Å². The minimum atomic E-state index is -0.448. The van der Waals surface area contributed by atoms with Crippen LogP contribution in [-0.2, 0) is 11.2 Å². The summed E-state index contributed by atoms with van der Waals surface area (Å²) >= 11 is 0. The number of nitro benzene ring substituents is 1. The number of hydrogen-bond acceptors (Lipinski definition) is 3. The van der Waals surface area contributed by atoms with Crippen molar-refractivity contribution in [2.45, 2.75) is 39.2 Å². The van der Waals surface area contributed by atoms with E-state index < -0.39 is 4.92 Å². The first-order valence-electron chi connectivity index (χ1n) is 9.33. The second-order valence-electron chi connectivity index (χ2n) is 7.37. The maximum absolute atomic E-state index is 12.7. The summed E-state index contributed by atoms with van der Waals surface area (Å²) < 4.78 is 0. The highest BCUT2D eigenvalue weighted by Crippen LogP contribution is 2.30. The summed E-state index contributed by atoms with van der Waals surface area (Å²) in [5.41, 5.74) is 4.57. The summed E-state index contributed by atoms with van der Waals surface area (Å²) in [6.45, 7) is 3.94. The second kappa shape index (κ2) is 7.88. The van der Waals surface area contributed by atoms with Crippen LogP contribution in [0.15, 0.2) is 36.4 Å². The third-order valence-corrected chi connectivity index (χ3v) is 5.58. The fourth-order valence-corrected chi connectivity index (χ4v) is 3.94. The molecular weight excluding hydrogens is 342 g/mol. The fraction of sp³-hybridized carbons (Fsp3) is 0.381. The van der Waals surface area contributed by atoms with Crippen LogP contribution in [0.25, 0.3) is 0 Å². The molecule has 2 aromatic rings. The third-order valence-electron chi connectivity index (χ3n) is 5.58. The number of nitrogens with one attached hydrogen (secondary N) is 2. The predicted octanol–water partition coefficient (Wildman–Crippen LogP) is 2.74. The van der Waals surface area contributed by atoms with E-state index >= 15 is 0 Å². The van der Waals surface area contributed by atoms with Gasteiger partial charge in [-0.1, -0.05) is 30.3 Å². The Morgan fingerprint density at radius 3 is 2.74 bits per heavy atom. The van der Waals surface area contributed by atoms with E-state index in [0.717, 1.165) is 35.3 Å². The zero-order chi connectivity index (χ0) is 19.6. The molecule has 3 rings (SSSR count). The lowest BCUT2D eigenvalue weighted by atomic mass is 9.87. The first-order valence-corrected chi connectivity index (χ1v) is 9.33. The molecule has 27 heavy (non-hydrogen) atoms. The molecule has 2 atom stereocenters. The molecule has 6 heteroatoms. The summed E-state index contributed by atoms with van der Waals surface area (Å²) in [5.74, 6) is -0.202. The lowest BCUT2D eigenvalue weighted by Gasteiger charge is -2.30. The highest BCUT2D eigenvalue weighted by atomic mass is 16.6. The SMILES string of the molecule is Cc1ccc([N+](=O)[O-])c(NC(=O)C[NH+](C)[C@@H]2CCCc3ccccc32)c1C. The van der Waals surface area contributed by atoms with Gasteiger partial charge in [0.15, 0.2) is 6.54 Å². The number of aryl methyl sites for hydroxylation is 2. The van der Waals surface area contributed by atoms with Gasteiger partial charge < -0.3 is 10.2 Å². The Balaban J connectivity index is 1.76. The van der Waals surface area contributed by atoms with Gasteiger partial charge in [-0.2, -0.15) is 0 Å². The summed E-state index contributed by atoms with van der Waals surface area (Å²) in [6, 6.07) is 11.8. The van der Waals surface area contributed by atoms with Gasteiger partial charge in [0, 0.05) is 18.1 Å². The molecule has 0 radical (unpaired) electrons. The van der Waals surface area contributed by atoms with E-state index in [1.54, 1.807) is 13.0 Å². The van der Waals surface area contributed by atoms with E-state index in [-0.39, 0.29) is 24.2 Å². The Morgan fingerprint density at radius 2 is 2.00 bits per heavy atom. The molecule has 0 aromatic heterocycles. The Labute approximate surface area is 159 Å². The Bertz CT molecular complexity index is 879. The maximum atomic E-state index is 12.7. The van der Waals surface area contributed by atoms with E-state index in [9.17, 15) is 14.9 Å². The molecule has 2 N–H and O–H groups in total. The van der Waals surface area contributed by atoms with Crippen LogP contribution >= 0.6 is 0 Å². The number of quaternary nitrogens is 1. The van der Waals surface area contributed by atoms with Crippen molar-refractivity contribution in [2.24, 2.45) is 0 Å². The van der Waals surface area contributed by atoms with Gasteiger partial charge in [0.25, 0.3) is 11.6 Å². The lowest BCUT2D eigenvalue weighted by Crippen LogP contribution is -3.10. The molecule has 0 saturated carbocycles. The predicted molar refractivity (Wildman–Crippen MR) is 105 cm³/mol. The average Bonchev–Trinajstić information content (AvgIpc) is 2.64. The van der Waals surface area contributed by atoms with Crippen LogP contribution in [0, 0.1) is 24.0 Å². The molecule has 0 saturated heterocycles. The Kier molecular flexibility index (Phi) is 5.56. The number of nitrogens with zero attached hydrogens (tertiary/aromatic N) is 1. The molecule has 1 unspecified atom stereocenters. The molecular formula is C21H26N3O3+. The molecule has 0 bridgehead atoms. The van der Waals surface area contributed by atoms with Crippen LogP contribution in [0.1, 0.15) is 41.1 Å². The number of carbonyl (C=O) groups is 1. The number of hydrogen-bond donors (Lipinski definition) is 2. The normalized spacial score (nSPS) is 17.1. The molecule has 142 valence electrons. The molecule has 6 nitrogen and oxygen atoms in total. The number of likely N-dealkylation sites (N-methyl/N-ethyl adjacent to an activating group) is 1. The Morgan fingerprint density at radius 1 is 1.26 bits per heavy atom. The van der Waals surface area contributed by atoms with E-state index in [4.69, 9.17) is 0 Å². The monoisotopic (exact) mass is 368 g/mol. The number of rotatable bonds is 5. The van der Waals surface area contributed by atoms with E-state index in [1.807, 2.05) is 20.0 Å². The van der Waals surface area contributed by atoms with Crippen LogP contribution in [0.3, 0.4) is 0 Å². The molecule has 2 aromatic carbocycles. The number of nitro groups is 1. The van der Waals surface area contributed by atoms with Crippen molar-refractivity contribution < 1.29 is 14.6 Å². The molecule has 0 spiro atoms. The fourth-order valence-electron chi connectivity index (χ4n) is 3.94. The summed E-state index contributed by atoms with van der Waals surface area (Å²) in [6.07, 6.45) is 3.24. The van der Waals surface area contributed by atoms with Gasteiger partial charge in [-0.3, -0.25) is 14.9 Å². The highest BCUT2D eigenvalue weighted by molar-refractivity contribution is 5.95. The second-order valence-corrected chi connectivity index (χ2v) is 7.37. The van der Waals surface area contributed by atoms with E-state index in [1.165, 1.54) is 17.2 Å². The van der Waals surface area contributed by atoms with Crippen molar-refractivity contribution in [1.29, 1.82) is 0 Å². The number of carbonyl (C=O) groups excluding carboxylic acids is 1. The number of anilines is 1. The third kappa shape index (κ3) is 4.01. The van der Waals surface area contributed by atoms with Gasteiger partial charge in [-0.25, -0.2) is 0 Å². The summed E-state index contributed by atoms with van der Waals surface area (Å²) in [7, 11) is 2.02. The van der Waals surface area contributed by atoms with Gasteiger partial charge >= 0.3 is 0 Å². The standard InChI is InChI=1S/C21H25N3O3/c1-14-11-12-19(24(26)27)21(15(14)2)22-20(25)13-23(3)18-10-6-8-16-7-4-5-9-17(16)18/h4-5,7,9,11-12,18H,6,8,10,13H2,1-3H3,(H,22,25)/p+1/t18-/m1/s1. The van der Waals surface area contributed by atoms with Gasteiger partial charge in [0.1, 0.15) is 11.7 Å². The Hall–Kier alpha value is -2.73.